The lowest BCUT2D eigenvalue weighted by Gasteiger charge is -2.40. The minimum atomic E-state index is -0.854. The highest BCUT2D eigenvalue weighted by Crippen LogP contribution is 2.69. The maximum Gasteiger partial charge on any atom is 0.248 e. The van der Waals surface area contributed by atoms with E-state index in [1.165, 1.54) is 0 Å². The lowest BCUT2D eigenvalue weighted by Crippen LogP contribution is -2.55. The summed E-state index contributed by atoms with van der Waals surface area (Å²) in [6, 6.07) is 14.5. The molecule has 5 rings (SSSR count). The molecule has 0 saturated carbocycles. The standard InChI is InChI=1S/C26H28ClN3O4S/c1-14-12-19-20(23(32)28-2)21-25(34)30(18(13-31)15-6-4-3-5-7-15)22(26(14,21)35-19)24(33)29-17-10-8-16(27)9-11-17/h3-11,14,18-22,31H,12-13H2,1-2H3,(H,28,32)(H,29,33)/t14?,18-,19+,20-,21+,22?,26?/m1/s1. The van der Waals surface area contributed by atoms with Gasteiger partial charge in [-0.05, 0) is 42.2 Å². The van der Waals surface area contributed by atoms with Crippen LogP contribution in [0.4, 0.5) is 5.69 Å². The summed E-state index contributed by atoms with van der Waals surface area (Å²) >= 11 is 7.62. The highest BCUT2D eigenvalue weighted by molar-refractivity contribution is 8.02. The lowest BCUT2D eigenvalue weighted by molar-refractivity contribution is -0.142. The Hall–Kier alpha value is -2.55. The normalized spacial score (nSPS) is 31.8. The van der Waals surface area contributed by atoms with Crippen LogP contribution in [0.2, 0.25) is 5.02 Å². The maximum atomic E-state index is 14.2. The van der Waals surface area contributed by atoms with Crippen molar-refractivity contribution < 1.29 is 19.5 Å². The predicted octanol–water partition coefficient (Wildman–Crippen LogP) is 3.10. The zero-order valence-corrected chi connectivity index (χ0v) is 21.1. The number of likely N-dealkylation sites (tertiary alicyclic amines) is 1. The number of carbonyl (C=O) groups is 3. The summed E-state index contributed by atoms with van der Waals surface area (Å²) in [5.41, 5.74) is 1.31. The van der Waals surface area contributed by atoms with Crippen LogP contribution in [-0.2, 0) is 14.4 Å². The topological polar surface area (TPSA) is 98.7 Å². The van der Waals surface area contributed by atoms with Gasteiger partial charge in [-0.2, -0.15) is 0 Å². The molecule has 0 aromatic heterocycles. The van der Waals surface area contributed by atoms with Crippen LogP contribution >= 0.6 is 23.4 Å². The minimum absolute atomic E-state index is 0.0313. The Morgan fingerprint density at radius 1 is 1.17 bits per heavy atom. The van der Waals surface area contributed by atoms with E-state index in [-0.39, 0.29) is 35.5 Å². The van der Waals surface area contributed by atoms with Crippen molar-refractivity contribution in [2.24, 2.45) is 17.8 Å². The van der Waals surface area contributed by atoms with E-state index in [1.54, 1.807) is 48.0 Å². The van der Waals surface area contributed by atoms with Crippen LogP contribution in [0.1, 0.15) is 24.9 Å². The molecule has 0 aliphatic carbocycles. The van der Waals surface area contributed by atoms with E-state index in [1.807, 2.05) is 30.3 Å². The van der Waals surface area contributed by atoms with Crippen molar-refractivity contribution in [3.05, 3.63) is 65.2 Å². The van der Waals surface area contributed by atoms with E-state index >= 15 is 0 Å². The number of halogens is 1. The summed E-state index contributed by atoms with van der Waals surface area (Å²) in [6.07, 6.45) is 0.750. The Labute approximate surface area is 213 Å². The number of nitrogens with one attached hydrogen (secondary N) is 2. The van der Waals surface area contributed by atoms with E-state index in [9.17, 15) is 19.5 Å². The molecule has 2 bridgehead atoms. The van der Waals surface area contributed by atoms with E-state index in [0.717, 1.165) is 12.0 Å². The van der Waals surface area contributed by atoms with Gasteiger partial charge in [0.2, 0.25) is 17.7 Å². The molecule has 3 fully saturated rings. The Balaban J connectivity index is 1.62. The first-order chi connectivity index (χ1) is 16.8. The number of hydrogen-bond acceptors (Lipinski definition) is 5. The summed E-state index contributed by atoms with van der Waals surface area (Å²) in [5.74, 6) is -1.86. The monoisotopic (exact) mass is 513 g/mol. The fourth-order valence-electron chi connectivity index (χ4n) is 6.33. The van der Waals surface area contributed by atoms with E-state index in [0.29, 0.717) is 10.7 Å². The molecule has 3 heterocycles. The van der Waals surface area contributed by atoms with Crippen LogP contribution in [-0.4, -0.2) is 57.4 Å². The average molecular weight is 514 g/mol. The molecule has 3 aliphatic rings. The summed E-state index contributed by atoms with van der Waals surface area (Å²) in [5, 5.41) is 16.7. The predicted molar refractivity (Wildman–Crippen MR) is 136 cm³/mol. The first-order valence-electron chi connectivity index (χ1n) is 11.8. The average Bonchev–Trinajstić information content (AvgIpc) is 3.45. The van der Waals surface area contributed by atoms with E-state index in [2.05, 4.69) is 17.6 Å². The number of hydrogen-bond donors (Lipinski definition) is 3. The molecule has 184 valence electrons. The summed E-state index contributed by atoms with van der Waals surface area (Å²) in [7, 11) is 1.58. The lowest BCUT2D eigenvalue weighted by atomic mass is 9.66. The number of amides is 3. The molecular weight excluding hydrogens is 486 g/mol. The zero-order chi connectivity index (χ0) is 24.9. The minimum Gasteiger partial charge on any atom is -0.394 e. The largest absolute Gasteiger partial charge is 0.394 e. The first-order valence-corrected chi connectivity index (χ1v) is 13.0. The SMILES string of the molecule is CNC(=O)[C@@H]1[C@@H]2CC(C)C3(S2)C(C(=O)Nc2ccc(Cl)cc2)N([C@H](CO)c2ccccc2)C(=O)[C@H]13. The van der Waals surface area contributed by atoms with Gasteiger partial charge in [-0.25, -0.2) is 0 Å². The molecule has 0 radical (unpaired) electrons. The third-order valence-electron chi connectivity index (χ3n) is 7.79. The van der Waals surface area contributed by atoms with Crippen molar-refractivity contribution in [3.8, 4) is 0 Å². The van der Waals surface area contributed by atoms with Gasteiger partial charge in [0.25, 0.3) is 0 Å². The van der Waals surface area contributed by atoms with E-state index < -0.39 is 28.7 Å². The summed E-state index contributed by atoms with van der Waals surface area (Å²) in [4.78, 5) is 42.6. The fraction of sp³-hybridized carbons (Fsp3) is 0.423. The molecular formula is C26H28ClN3O4S. The molecule has 3 N–H and O–H groups in total. The van der Waals surface area contributed by atoms with Gasteiger partial charge >= 0.3 is 0 Å². The highest BCUT2D eigenvalue weighted by atomic mass is 35.5. The molecule has 3 saturated heterocycles. The van der Waals surface area contributed by atoms with Crippen LogP contribution in [0.25, 0.3) is 0 Å². The summed E-state index contributed by atoms with van der Waals surface area (Å²) in [6.45, 7) is 1.73. The molecule has 9 heteroatoms. The molecule has 3 aliphatic heterocycles. The third kappa shape index (κ3) is 3.65. The number of thioether (sulfide) groups is 1. The van der Waals surface area contributed by atoms with Crippen LogP contribution in [0.3, 0.4) is 0 Å². The van der Waals surface area contributed by atoms with E-state index in [4.69, 9.17) is 11.6 Å². The maximum absolute atomic E-state index is 14.2. The van der Waals surface area contributed by atoms with Gasteiger partial charge in [-0.3, -0.25) is 14.4 Å². The smallest absolute Gasteiger partial charge is 0.248 e. The van der Waals surface area contributed by atoms with Crippen molar-refractivity contribution >= 4 is 46.8 Å². The van der Waals surface area contributed by atoms with Gasteiger partial charge in [-0.1, -0.05) is 48.9 Å². The number of aliphatic hydroxyl groups is 1. The number of fused-ring (bicyclic) bond motifs is 1. The number of aliphatic hydroxyl groups excluding tert-OH is 1. The molecule has 3 unspecified atom stereocenters. The van der Waals surface area contributed by atoms with Crippen LogP contribution in [0, 0.1) is 17.8 Å². The second-order valence-corrected chi connectivity index (χ2v) is 11.5. The molecule has 3 amide bonds. The second kappa shape index (κ2) is 9.15. The van der Waals surface area contributed by atoms with Crippen molar-refractivity contribution in [3.63, 3.8) is 0 Å². The van der Waals surface area contributed by atoms with Crippen LogP contribution < -0.4 is 10.6 Å². The van der Waals surface area contributed by atoms with Crippen molar-refractivity contribution in [2.75, 3.05) is 19.0 Å². The van der Waals surface area contributed by atoms with Gasteiger partial charge in [0, 0.05) is 23.0 Å². The number of anilines is 1. The van der Waals surface area contributed by atoms with Crippen LogP contribution in [0.5, 0.6) is 0 Å². The van der Waals surface area contributed by atoms with Gasteiger partial charge in [0.05, 0.1) is 29.2 Å². The Morgan fingerprint density at radius 3 is 2.49 bits per heavy atom. The molecule has 7 atom stereocenters. The fourth-order valence-corrected chi connectivity index (χ4v) is 8.87. The third-order valence-corrected chi connectivity index (χ3v) is 10.1. The van der Waals surface area contributed by atoms with Gasteiger partial charge < -0.3 is 20.6 Å². The molecule has 35 heavy (non-hydrogen) atoms. The first kappa shape index (κ1) is 24.2. The number of nitrogens with zero attached hydrogens (tertiary/aromatic N) is 1. The second-order valence-electron chi connectivity index (χ2n) is 9.52. The number of rotatable bonds is 6. The van der Waals surface area contributed by atoms with Crippen LogP contribution in [0.15, 0.2) is 54.6 Å². The Morgan fingerprint density at radius 2 is 1.86 bits per heavy atom. The van der Waals surface area contributed by atoms with Gasteiger partial charge in [0.15, 0.2) is 0 Å². The summed E-state index contributed by atoms with van der Waals surface area (Å²) < 4.78 is -0.766. The Kier molecular flexibility index (Phi) is 6.32. The van der Waals surface area contributed by atoms with Crippen molar-refractivity contribution in [2.45, 2.75) is 35.4 Å². The molecule has 7 nitrogen and oxygen atoms in total. The highest BCUT2D eigenvalue weighted by Gasteiger charge is 2.76. The quantitative estimate of drug-likeness (QED) is 0.551. The van der Waals surface area contributed by atoms with Crippen molar-refractivity contribution in [1.82, 2.24) is 10.2 Å². The molecule has 1 spiro atoms. The Bertz CT molecular complexity index is 1150. The van der Waals surface area contributed by atoms with Crippen molar-refractivity contribution in [1.29, 1.82) is 0 Å². The number of carbonyl (C=O) groups excluding carboxylic acids is 3. The molecule has 2 aromatic carbocycles. The number of benzene rings is 2. The molecule has 2 aromatic rings. The zero-order valence-electron chi connectivity index (χ0n) is 19.5. The van der Waals surface area contributed by atoms with Gasteiger partial charge in [-0.15, -0.1) is 11.8 Å². The van der Waals surface area contributed by atoms with Gasteiger partial charge in [0.1, 0.15) is 6.04 Å².